The van der Waals surface area contributed by atoms with E-state index in [-0.39, 0.29) is 24.3 Å². The fourth-order valence-corrected chi connectivity index (χ4v) is 5.49. The molecular formula is C32H52N4O4. The smallest absolute Gasteiger partial charge is 0.306 e. The summed E-state index contributed by atoms with van der Waals surface area (Å²) in [6, 6.07) is 8.84. The number of nitrogens with zero attached hydrogens (tertiary/aromatic N) is 4. The lowest BCUT2D eigenvalue weighted by atomic mass is 10.0. The molecule has 0 aliphatic carbocycles. The first-order valence-corrected chi connectivity index (χ1v) is 15.7. The Morgan fingerprint density at radius 2 is 1.38 bits per heavy atom. The highest BCUT2D eigenvalue weighted by molar-refractivity contribution is 5.69. The summed E-state index contributed by atoms with van der Waals surface area (Å²) in [5, 5.41) is 20.3. The number of aromatic hydroxyl groups is 2. The van der Waals surface area contributed by atoms with Gasteiger partial charge in [-0.25, -0.2) is 4.98 Å². The van der Waals surface area contributed by atoms with Gasteiger partial charge in [-0.1, -0.05) is 90.0 Å². The van der Waals surface area contributed by atoms with E-state index in [0.717, 1.165) is 44.8 Å². The summed E-state index contributed by atoms with van der Waals surface area (Å²) in [6.07, 6.45) is 18.2. The molecule has 40 heavy (non-hydrogen) atoms. The third kappa shape index (κ3) is 11.8. The van der Waals surface area contributed by atoms with Crippen LogP contribution in [0.5, 0.6) is 11.8 Å². The normalized spacial score (nSPS) is 14.9. The highest BCUT2D eigenvalue weighted by Gasteiger charge is 2.24. The summed E-state index contributed by atoms with van der Waals surface area (Å²) in [4.78, 5) is 21.7. The number of pyridine rings is 1. The number of anilines is 1. The predicted molar refractivity (Wildman–Crippen MR) is 161 cm³/mol. The van der Waals surface area contributed by atoms with Crippen LogP contribution in [-0.2, 0) is 16.1 Å². The average molecular weight is 557 g/mol. The van der Waals surface area contributed by atoms with Crippen LogP contribution in [0.25, 0.3) is 0 Å². The lowest BCUT2D eigenvalue weighted by Gasteiger charge is -2.36. The van der Waals surface area contributed by atoms with Gasteiger partial charge in [-0.3, -0.25) is 14.3 Å². The van der Waals surface area contributed by atoms with Crippen LogP contribution in [0, 0.1) is 0 Å². The molecule has 0 aromatic carbocycles. The van der Waals surface area contributed by atoms with Crippen molar-refractivity contribution in [1.82, 2.24) is 14.5 Å². The van der Waals surface area contributed by atoms with Gasteiger partial charge in [0.15, 0.2) is 11.8 Å². The molecule has 2 N–H and O–H groups in total. The first kappa shape index (κ1) is 31.8. The number of ether oxygens (including phenoxy) is 1. The number of piperazine rings is 1. The van der Waals surface area contributed by atoms with E-state index in [0.29, 0.717) is 13.0 Å². The highest BCUT2D eigenvalue weighted by atomic mass is 16.5. The summed E-state index contributed by atoms with van der Waals surface area (Å²) in [7, 11) is 0. The second-order valence-corrected chi connectivity index (χ2v) is 11.2. The standard InChI is InChI=1S/C32H52N4O4/c1-2-3-4-5-6-7-8-9-10-11-12-13-14-18-32(39)40-28(27-36-30(37)19-20-31(36)38)26-34-22-24-35(25-23-34)29-17-15-16-21-33-29/h15-17,19-21,28,37-38H,2-14,18,22-27H2,1H3. The van der Waals surface area contributed by atoms with Crippen LogP contribution in [0.2, 0.25) is 0 Å². The average Bonchev–Trinajstić information content (AvgIpc) is 3.28. The van der Waals surface area contributed by atoms with Gasteiger partial charge in [0, 0.05) is 57.5 Å². The molecule has 1 fully saturated rings. The van der Waals surface area contributed by atoms with Crippen molar-refractivity contribution in [2.24, 2.45) is 0 Å². The van der Waals surface area contributed by atoms with Crippen molar-refractivity contribution in [3.8, 4) is 11.8 Å². The zero-order valence-electron chi connectivity index (χ0n) is 24.7. The van der Waals surface area contributed by atoms with E-state index in [4.69, 9.17) is 4.74 Å². The Morgan fingerprint density at radius 1 is 0.800 bits per heavy atom. The fraction of sp³-hybridized carbons (Fsp3) is 0.688. The molecule has 3 rings (SSSR count). The van der Waals surface area contributed by atoms with Gasteiger partial charge >= 0.3 is 5.97 Å². The molecule has 1 atom stereocenters. The minimum atomic E-state index is -0.458. The number of esters is 1. The molecule has 0 spiro atoms. The van der Waals surface area contributed by atoms with E-state index in [1.165, 1.54) is 87.3 Å². The second-order valence-electron chi connectivity index (χ2n) is 11.2. The van der Waals surface area contributed by atoms with Gasteiger partial charge in [0.25, 0.3) is 0 Å². The molecular weight excluding hydrogens is 504 g/mol. The van der Waals surface area contributed by atoms with Gasteiger partial charge in [-0.05, 0) is 18.6 Å². The van der Waals surface area contributed by atoms with Gasteiger partial charge in [0.1, 0.15) is 11.9 Å². The van der Waals surface area contributed by atoms with Crippen molar-refractivity contribution in [2.45, 2.75) is 109 Å². The summed E-state index contributed by atoms with van der Waals surface area (Å²) in [6.45, 7) is 6.37. The maximum atomic E-state index is 12.7. The van der Waals surface area contributed by atoms with E-state index in [1.807, 2.05) is 24.4 Å². The monoisotopic (exact) mass is 556 g/mol. The molecule has 8 nitrogen and oxygen atoms in total. The molecule has 0 radical (unpaired) electrons. The SMILES string of the molecule is CCCCCCCCCCCCCCCC(=O)OC(CN1CCN(c2ccccn2)CC1)Cn1c(O)ccc1O. The van der Waals surface area contributed by atoms with Crippen LogP contribution in [0.15, 0.2) is 36.5 Å². The molecule has 1 aliphatic heterocycles. The van der Waals surface area contributed by atoms with Crippen molar-refractivity contribution in [3.63, 3.8) is 0 Å². The third-order valence-corrected chi connectivity index (χ3v) is 7.91. The first-order chi connectivity index (χ1) is 19.6. The van der Waals surface area contributed by atoms with E-state index in [2.05, 4.69) is 21.7 Å². The fourth-order valence-electron chi connectivity index (χ4n) is 5.49. The van der Waals surface area contributed by atoms with Gasteiger partial charge in [-0.2, -0.15) is 0 Å². The molecule has 3 heterocycles. The van der Waals surface area contributed by atoms with Crippen LogP contribution in [0.3, 0.4) is 0 Å². The molecule has 0 saturated carbocycles. The summed E-state index contributed by atoms with van der Waals surface area (Å²) in [5.41, 5.74) is 0. The van der Waals surface area contributed by atoms with Crippen LogP contribution in [0.1, 0.15) is 96.8 Å². The summed E-state index contributed by atoms with van der Waals surface area (Å²) >= 11 is 0. The number of unbranched alkanes of at least 4 members (excludes halogenated alkanes) is 12. The van der Waals surface area contributed by atoms with Gasteiger partial charge in [0.2, 0.25) is 0 Å². The minimum Gasteiger partial charge on any atom is -0.494 e. The molecule has 224 valence electrons. The van der Waals surface area contributed by atoms with Crippen molar-refractivity contribution < 1.29 is 19.7 Å². The highest BCUT2D eigenvalue weighted by Crippen LogP contribution is 2.23. The van der Waals surface area contributed by atoms with Crippen LogP contribution in [-0.4, -0.2) is 69.5 Å². The zero-order valence-corrected chi connectivity index (χ0v) is 24.7. The van der Waals surface area contributed by atoms with E-state index < -0.39 is 6.10 Å². The third-order valence-electron chi connectivity index (χ3n) is 7.91. The Labute approximate surface area is 241 Å². The van der Waals surface area contributed by atoms with E-state index >= 15 is 0 Å². The zero-order chi connectivity index (χ0) is 28.4. The molecule has 2 aromatic rings. The Balaban J connectivity index is 1.34. The molecule has 1 unspecified atom stereocenters. The van der Waals surface area contributed by atoms with Crippen LogP contribution < -0.4 is 4.90 Å². The largest absolute Gasteiger partial charge is 0.494 e. The number of carbonyl (C=O) groups excluding carboxylic acids is 1. The Morgan fingerprint density at radius 3 is 1.93 bits per heavy atom. The van der Waals surface area contributed by atoms with E-state index in [1.54, 1.807) is 0 Å². The van der Waals surface area contributed by atoms with Crippen molar-refractivity contribution in [3.05, 3.63) is 36.5 Å². The second kappa shape index (κ2) is 18.6. The van der Waals surface area contributed by atoms with Gasteiger partial charge in [-0.15, -0.1) is 0 Å². The molecule has 0 bridgehead atoms. The molecule has 2 aromatic heterocycles. The van der Waals surface area contributed by atoms with Crippen molar-refractivity contribution in [1.29, 1.82) is 0 Å². The first-order valence-electron chi connectivity index (χ1n) is 15.7. The van der Waals surface area contributed by atoms with Gasteiger partial charge in [0.05, 0.1) is 6.54 Å². The molecule has 1 saturated heterocycles. The Hall–Kier alpha value is -2.74. The number of hydrogen-bond acceptors (Lipinski definition) is 7. The number of rotatable bonds is 20. The van der Waals surface area contributed by atoms with Crippen LogP contribution in [0.4, 0.5) is 5.82 Å². The Bertz CT molecular complexity index is 924. The molecule has 0 amide bonds. The molecule has 8 heteroatoms. The summed E-state index contributed by atoms with van der Waals surface area (Å²) < 4.78 is 7.30. The predicted octanol–water partition coefficient (Wildman–Crippen LogP) is 6.51. The van der Waals surface area contributed by atoms with Crippen molar-refractivity contribution in [2.75, 3.05) is 37.6 Å². The maximum Gasteiger partial charge on any atom is 0.306 e. The van der Waals surface area contributed by atoms with Crippen LogP contribution >= 0.6 is 0 Å². The van der Waals surface area contributed by atoms with E-state index in [9.17, 15) is 15.0 Å². The maximum absolute atomic E-state index is 12.7. The topological polar surface area (TPSA) is 91.1 Å². The summed E-state index contributed by atoms with van der Waals surface area (Å²) in [5.74, 6) is 0.710. The number of hydrogen-bond donors (Lipinski definition) is 2. The number of carbonyl (C=O) groups is 1. The minimum absolute atomic E-state index is 0.0324. The van der Waals surface area contributed by atoms with Crippen molar-refractivity contribution >= 4 is 11.8 Å². The Kier molecular flexibility index (Phi) is 14.8. The number of aromatic nitrogens is 2. The van der Waals surface area contributed by atoms with Gasteiger partial charge < -0.3 is 19.8 Å². The molecule has 1 aliphatic rings. The quantitative estimate of drug-likeness (QED) is 0.142. The lowest BCUT2D eigenvalue weighted by Crippen LogP contribution is -2.49. The lowest BCUT2D eigenvalue weighted by molar-refractivity contribution is -0.151.